The van der Waals surface area contributed by atoms with E-state index in [1.54, 1.807) is 19.5 Å². The van der Waals surface area contributed by atoms with Crippen LogP contribution in [0.2, 0.25) is 0 Å². The van der Waals surface area contributed by atoms with Gasteiger partial charge in [-0.2, -0.15) is 0 Å². The summed E-state index contributed by atoms with van der Waals surface area (Å²) in [7, 11) is 1.62. The van der Waals surface area contributed by atoms with Crippen molar-refractivity contribution < 1.29 is 9.47 Å². The molecule has 3 heterocycles. The van der Waals surface area contributed by atoms with E-state index in [-0.39, 0.29) is 6.10 Å². The average molecular weight is 342 g/mol. The molecule has 6 nitrogen and oxygen atoms in total. The van der Waals surface area contributed by atoms with Crippen molar-refractivity contribution in [3.63, 3.8) is 0 Å². The van der Waals surface area contributed by atoms with Gasteiger partial charge in [0.2, 0.25) is 0 Å². The third kappa shape index (κ3) is 3.99. The van der Waals surface area contributed by atoms with Crippen LogP contribution in [0.3, 0.4) is 0 Å². The predicted molar refractivity (Wildman–Crippen MR) is 95.2 cm³/mol. The molecule has 0 bridgehead atoms. The van der Waals surface area contributed by atoms with Gasteiger partial charge < -0.3 is 14.8 Å². The summed E-state index contributed by atoms with van der Waals surface area (Å²) in [5, 5.41) is 5.89. The van der Waals surface area contributed by atoms with Crippen molar-refractivity contribution in [2.24, 2.45) is 0 Å². The Balaban J connectivity index is 1.69. The van der Waals surface area contributed by atoms with Crippen LogP contribution in [0.4, 0.5) is 10.9 Å². The van der Waals surface area contributed by atoms with Crippen molar-refractivity contribution in [1.29, 1.82) is 0 Å². The summed E-state index contributed by atoms with van der Waals surface area (Å²) in [6.45, 7) is 3.97. The van der Waals surface area contributed by atoms with E-state index < -0.39 is 0 Å². The standard InChI is InChI=1S/C17H18N4O2S/c1-11(2)23-13-5-7-16(19-9-13)21-17-20-15(10-24-17)14-6-4-12(22-3)8-18-14/h4-11H,1-3H3,(H,19,20,21). The van der Waals surface area contributed by atoms with Gasteiger partial charge >= 0.3 is 0 Å². The summed E-state index contributed by atoms with van der Waals surface area (Å²) < 4.78 is 10.7. The van der Waals surface area contributed by atoms with Crippen molar-refractivity contribution in [3.05, 3.63) is 42.0 Å². The number of thiazole rings is 1. The van der Waals surface area contributed by atoms with E-state index in [2.05, 4.69) is 20.3 Å². The van der Waals surface area contributed by atoms with Crippen LogP contribution in [-0.4, -0.2) is 28.2 Å². The Morgan fingerprint density at radius 1 is 1.00 bits per heavy atom. The number of nitrogens with one attached hydrogen (secondary N) is 1. The molecular weight excluding hydrogens is 324 g/mol. The molecule has 0 aliphatic rings. The SMILES string of the molecule is COc1ccc(-c2csc(Nc3ccc(OC(C)C)cn3)n2)nc1. The highest BCUT2D eigenvalue weighted by molar-refractivity contribution is 7.14. The highest BCUT2D eigenvalue weighted by atomic mass is 32.1. The Hall–Kier alpha value is -2.67. The van der Waals surface area contributed by atoms with E-state index in [4.69, 9.17) is 9.47 Å². The summed E-state index contributed by atoms with van der Waals surface area (Å²) in [5.74, 6) is 2.19. The van der Waals surface area contributed by atoms with Crippen LogP contribution in [-0.2, 0) is 0 Å². The van der Waals surface area contributed by atoms with Crippen molar-refractivity contribution >= 4 is 22.3 Å². The molecule has 0 amide bonds. The van der Waals surface area contributed by atoms with Crippen molar-refractivity contribution in [2.45, 2.75) is 20.0 Å². The lowest BCUT2D eigenvalue weighted by Crippen LogP contribution is -2.05. The van der Waals surface area contributed by atoms with Gasteiger partial charge in [-0.1, -0.05) is 0 Å². The smallest absolute Gasteiger partial charge is 0.188 e. The van der Waals surface area contributed by atoms with Gasteiger partial charge in [-0.25, -0.2) is 9.97 Å². The zero-order valence-corrected chi connectivity index (χ0v) is 14.5. The topological polar surface area (TPSA) is 69.2 Å². The molecule has 0 unspecified atom stereocenters. The van der Waals surface area contributed by atoms with Crippen molar-refractivity contribution in [1.82, 2.24) is 15.0 Å². The van der Waals surface area contributed by atoms with E-state index in [1.165, 1.54) is 11.3 Å². The van der Waals surface area contributed by atoms with E-state index in [0.29, 0.717) is 0 Å². The van der Waals surface area contributed by atoms with Crippen LogP contribution >= 0.6 is 11.3 Å². The molecule has 0 fully saturated rings. The monoisotopic (exact) mass is 342 g/mol. The van der Waals surface area contributed by atoms with Gasteiger partial charge in [0.1, 0.15) is 23.0 Å². The molecule has 3 aromatic heterocycles. The number of ether oxygens (including phenoxy) is 2. The summed E-state index contributed by atoms with van der Waals surface area (Å²) in [5.41, 5.74) is 1.61. The first kappa shape index (κ1) is 16.2. The Morgan fingerprint density at radius 3 is 2.42 bits per heavy atom. The largest absolute Gasteiger partial charge is 0.495 e. The van der Waals surface area contributed by atoms with Gasteiger partial charge in [0.15, 0.2) is 5.13 Å². The van der Waals surface area contributed by atoms with Gasteiger partial charge in [-0.3, -0.25) is 4.98 Å². The molecule has 3 rings (SSSR count). The highest BCUT2D eigenvalue weighted by Crippen LogP contribution is 2.26. The molecule has 24 heavy (non-hydrogen) atoms. The first-order valence-corrected chi connectivity index (χ1v) is 8.37. The summed E-state index contributed by atoms with van der Waals surface area (Å²) in [4.78, 5) is 13.2. The van der Waals surface area contributed by atoms with E-state index in [9.17, 15) is 0 Å². The van der Waals surface area contributed by atoms with Gasteiger partial charge in [0.25, 0.3) is 0 Å². The number of methoxy groups -OCH3 is 1. The molecule has 0 aliphatic heterocycles. The maximum absolute atomic E-state index is 5.58. The van der Waals surface area contributed by atoms with Crippen LogP contribution in [0.5, 0.6) is 11.5 Å². The Morgan fingerprint density at radius 2 is 1.79 bits per heavy atom. The van der Waals surface area contributed by atoms with Crippen molar-refractivity contribution in [2.75, 3.05) is 12.4 Å². The van der Waals surface area contributed by atoms with Crippen LogP contribution in [0.1, 0.15) is 13.8 Å². The second-order valence-corrected chi connectivity index (χ2v) is 6.15. The van der Waals surface area contributed by atoms with Gasteiger partial charge in [-0.05, 0) is 38.1 Å². The van der Waals surface area contributed by atoms with E-state index in [0.717, 1.165) is 33.8 Å². The molecule has 0 radical (unpaired) electrons. The Labute approximate surface area is 144 Å². The number of nitrogens with zero attached hydrogens (tertiary/aromatic N) is 3. The number of aromatic nitrogens is 3. The summed E-state index contributed by atoms with van der Waals surface area (Å²) >= 11 is 1.50. The molecule has 0 saturated heterocycles. The third-order valence-electron chi connectivity index (χ3n) is 3.08. The maximum atomic E-state index is 5.58. The lowest BCUT2D eigenvalue weighted by molar-refractivity contribution is 0.241. The van der Waals surface area contributed by atoms with Gasteiger partial charge in [-0.15, -0.1) is 11.3 Å². The molecular formula is C17H18N4O2S. The van der Waals surface area contributed by atoms with Crippen LogP contribution in [0.25, 0.3) is 11.4 Å². The number of anilines is 2. The maximum Gasteiger partial charge on any atom is 0.188 e. The molecule has 0 spiro atoms. The summed E-state index contributed by atoms with van der Waals surface area (Å²) in [6, 6.07) is 7.50. The minimum Gasteiger partial charge on any atom is -0.495 e. The van der Waals surface area contributed by atoms with E-state index >= 15 is 0 Å². The fourth-order valence-electron chi connectivity index (χ4n) is 2.01. The van der Waals surface area contributed by atoms with Crippen molar-refractivity contribution in [3.8, 4) is 22.9 Å². The number of pyridine rings is 2. The molecule has 3 aromatic rings. The zero-order valence-electron chi connectivity index (χ0n) is 13.7. The molecule has 1 N–H and O–H groups in total. The normalized spacial score (nSPS) is 10.7. The number of hydrogen-bond acceptors (Lipinski definition) is 7. The number of hydrogen-bond donors (Lipinski definition) is 1. The molecule has 0 saturated carbocycles. The first-order chi connectivity index (χ1) is 11.6. The quantitative estimate of drug-likeness (QED) is 0.726. The number of rotatable bonds is 6. The molecule has 0 aliphatic carbocycles. The Kier molecular flexibility index (Phi) is 4.90. The summed E-state index contributed by atoms with van der Waals surface area (Å²) in [6.07, 6.45) is 3.50. The first-order valence-electron chi connectivity index (χ1n) is 7.49. The van der Waals surface area contributed by atoms with Gasteiger partial charge in [0, 0.05) is 5.38 Å². The average Bonchev–Trinajstić information content (AvgIpc) is 3.05. The van der Waals surface area contributed by atoms with Crippen LogP contribution in [0, 0.1) is 0 Å². The molecule has 0 aromatic carbocycles. The van der Waals surface area contributed by atoms with Crippen LogP contribution in [0.15, 0.2) is 42.0 Å². The Bertz CT molecular complexity index is 785. The zero-order chi connectivity index (χ0) is 16.9. The molecule has 124 valence electrons. The predicted octanol–water partition coefficient (Wildman–Crippen LogP) is 4.14. The third-order valence-corrected chi connectivity index (χ3v) is 3.84. The second kappa shape index (κ2) is 7.27. The second-order valence-electron chi connectivity index (χ2n) is 5.29. The molecule has 7 heteroatoms. The fourth-order valence-corrected chi connectivity index (χ4v) is 2.72. The molecule has 0 atom stereocenters. The fraction of sp³-hybridized carbons (Fsp3) is 0.235. The highest BCUT2D eigenvalue weighted by Gasteiger charge is 2.07. The minimum absolute atomic E-state index is 0.129. The lowest BCUT2D eigenvalue weighted by atomic mass is 10.3. The van der Waals surface area contributed by atoms with Crippen LogP contribution < -0.4 is 14.8 Å². The lowest BCUT2D eigenvalue weighted by Gasteiger charge is -2.09. The van der Waals surface area contributed by atoms with E-state index in [1.807, 2.05) is 43.5 Å². The van der Waals surface area contributed by atoms with Gasteiger partial charge in [0.05, 0.1) is 31.3 Å². The minimum atomic E-state index is 0.129.